The summed E-state index contributed by atoms with van der Waals surface area (Å²) in [5.74, 6) is -1.72. The number of nitrogens with zero attached hydrogens (tertiary/aromatic N) is 5. The van der Waals surface area contributed by atoms with Crippen LogP contribution in [0.1, 0.15) is 45.0 Å². The molecule has 0 saturated heterocycles. The average Bonchev–Trinajstić information content (AvgIpc) is 3.44. The molecule has 0 unspecified atom stereocenters. The van der Waals surface area contributed by atoms with Gasteiger partial charge in [0.1, 0.15) is 16.8 Å². The Morgan fingerprint density at radius 3 is 2.71 bits per heavy atom. The summed E-state index contributed by atoms with van der Waals surface area (Å²) in [6, 6.07) is 6.34. The van der Waals surface area contributed by atoms with E-state index in [4.69, 9.17) is 0 Å². The van der Waals surface area contributed by atoms with Gasteiger partial charge in [0.05, 0.1) is 6.54 Å². The zero-order chi connectivity index (χ0) is 27.8. The molecule has 3 heterocycles. The van der Waals surface area contributed by atoms with Gasteiger partial charge in [-0.05, 0) is 50.7 Å². The van der Waals surface area contributed by atoms with E-state index in [9.17, 15) is 23.2 Å². The van der Waals surface area contributed by atoms with Crippen molar-refractivity contribution in [2.45, 2.75) is 39.0 Å². The zero-order valence-corrected chi connectivity index (χ0v) is 22.3. The molecule has 3 aromatic rings. The van der Waals surface area contributed by atoms with Gasteiger partial charge in [0, 0.05) is 53.8 Å². The van der Waals surface area contributed by atoms with Crippen LogP contribution in [0, 0.1) is 24.1 Å². The molecule has 1 aliphatic rings. The summed E-state index contributed by atoms with van der Waals surface area (Å²) in [6.45, 7) is 4.55. The van der Waals surface area contributed by atoms with Crippen LogP contribution in [0.15, 0.2) is 36.5 Å². The molecular weight excluding hydrogens is 518 g/mol. The largest absolute Gasteiger partial charge is 0.435 e. The Hall–Kier alpha value is -3.49. The van der Waals surface area contributed by atoms with Gasteiger partial charge in [-0.2, -0.15) is 23.5 Å². The minimum absolute atomic E-state index is 0.125. The summed E-state index contributed by atoms with van der Waals surface area (Å²) < 4.78 is 58.6. The van der Waals surface area contributed by atoms with Gasteiger partial charge in [0.2, 0.25) is 5.91 Å². The number of benzene rings is 1. The van der Waals surface area contributed by atoms with Crippen molar-refractivity contribution >= 4 is 17.2 Å². The minimum Gasteiger partial charge on any atom is -0.333 e. The van der Waals surface area contributed by atoms with E-state index in [0.717, 1.165) is 21.2 Å². The van der Waals surface area contributed by atoms with E-state index in [2.05, 4.69) is 11.2 Å². The van der Waals surface area contributed by atoms with Crippen LogP contribution in [0.4, 0.5) is 17.6 Å². The van der Waals surface area contributed by atoms with E-state index in [1.165, 1.54) is 29.7 Å². The molecule has 1 amide bonds. The number of fused-ring (bicyclic) bond motifs is 1. The van der Waals surface area contributed by atoms with Crippen LogP contribution in [-0.2, 0) is 24.1 Å². The highest BCUT2D eigenvalue weighted by Gasteiger charge is 2.40. The summed E-state index contributed by atoms with van der Waals surface area (Å²) in [5.41, 5.74) is 0.0572. The van der Waals surface area contributed by atoms with Crippen molar-refractivity contribution in [2.24, 2.45) is 0 Å². The summed E-state index contributed by atoms with van der Waals surface area (Å²) in [4.78, 5) is 17.8. The second-order valence-electron chi connectivity index (χ2n) is 9.39. The average molecular weight is 546 g/mol. The summed E-state index contributed by atoms with van der Waals surface area (Å²) in [6.07, 6.45) is -0.385. The lowest BCUT2D eigenvalue weighted by atomic mass is 9.81. The standard InChI is InChI=1S/C27H27F4N5OS/c1-5-36-14-19(26(33-36)27(29,30)31)25-17(8-6-9-20(25)28)18-13-35(23(37)10-7-11-34(3)4)15-22-24(18)16(2)21(12-32)38-22/h6-10,14,18H,5,11,13,15H2,1-4H3/b10-7+/t18-/m0/s1. The molecule has 4 rings (SSSR count). The van der Waals surface area contributed by atoms with Crippen LogP contribution in [-0.4, -0.2) is 52.7 Å². The van der Waals surface area contributed by atoms with Crippen molar-refractivity contribution in [1.82, 2.24) is 19.6 Å². The number of alkyl halides is 3. The topological polar surface area (TPSA) is 65.2 Å². The molecule has 0 bridgehead atoms. The normalized spacial score (nSPS) is 15.8. The van der Waals surface area contributed by atoms with Gasteiger partial charge in [0.25, 0.3) is 0 Å². The molecule has 0 N–H and O–H groups in total. The highest BCUT2D eigenvalue weighted by molar-refractivity contribution is 7.12. The van der Waals surface area contributed by atoms with Crippen LogP contribution >= 0.6 is 11.3 Å². The van der Waals surface area contributed by atoms with Crippen molar-refractivity contribution in [3.05, 3.63) is 74.5 Å². The van der Waals surface area contributed by atoms with Gasteiger partial charge in [-0.1, -0.05) is 18.2 Å². The van der Waals surface area contributed by atoms with E-state index < -0.39 is 23.6 Å². The predicted molar refractivity (Wildman–Crippen MR) is 137 cm³/mol. The first-order chi connectivity index (χ1) is 18.0. The predicted octanol–water partition coefficient (Wildman–Crippen LogP) is 5.56. The van der Waals surface area contributed by atoms with Gasteiger partial charge in [-0.3, -0.25) is 9.48 Å². The van der Waals surface area contributed by atoms with Crippen LogP contribution in [0.5, 0.6) is 0 Å². The highest BCUT2D eigenvalue weighted by Crippen LogP contribution is 2.46. The van der Waals surface area contributed by atoms with Crippen molar-refractivity contribution < 1.29 is 22.4 Å². The maximum atomic E-state index is 15.5. The molecule has 0 spiro atoms. The number of carbonyl (C=O) groups excluding carboxylic acids is 1. The van der Waals surface area contributed by atoms with Gasteiger partial charge in [-0.15, -0.1) is 11.3 Å². The van der Waals surface area contributed by atoms with Crippen LogP contribution in [0.2, 0.25) is 0 Å². The number of aromatic nitrogens is 2. The van der Waals surface area contributed by atoms with Crippen molar-refractivity contribution in [3.63, 3.8) is 0 Å². The fraction of sp³-hybridized carbons (Fsp3) is 0.370. The smallest absolute Gasteiger partial charge is 0.333 e. The quantitative estimate of drug-likeness (QED) is 0.301. The monoisotopic (exact) mass is 545 g/mol. The number of likely N-dealkylation sites (N-methyl/N-ethyl adjacent to an activating group) is 1. The van der Waals surface area contributed by atoms with E-state index in [-0.39, 0.29) is 36.7 Å². The molecular formula is C27H27F4N5OS. The first kappa shape index (κ1) is 27.5. The Balaban J connectivity index is 1.90. The van der Waals surface area contributed by atoms with E-state index >= 15 is 4.39 Å². The number of thiophene rings is 1. The Kier molecular flexibility index (Phi) is 7.76. The lowest BCUT2D eigenvalue weighted by Gasteiger charge is -2.34. The van der Waals surface area contributed by atoms with Crippen LogP contribution in [0.3, 0.4) is 0 Å². The molecule has 200 valence electrons. The fourth-order valence-corrected chi connectivity index (χ4v) is 5.98. The highest BCUT2D eigenvalue weighted by atomic mass is 32.1. The van der Waals surface area contributed by atoms with E-state index in [0.29, 0.717) is 22.5 Å². The third kappa shape index (κ3) is 5.24. The third-order valence-corrected chi connectivity index (χ3v) is 7.74. The van der Waals surface area contributed by atoms with Gasteiger partial charge in [0.15, 0.2) is 5.69 Å². The Morgan fingerprint density at radius 2 is 2.08 bits per heavy atom. The first-order valence-electron chi connectivity index (χ1n) is 12.0. The maximum Gasteiger partial charge on any atom is 0.435 e. The molecule has 11 heteroatoms. The molecule has 2 aromatic heterocycles. The van der Waals surface area contributed by atoms with Gasteiger partial charge < -0.3 is 9.80 Å². The number of nitriles is 1. The molecule has 0 fully saturated rings. The number of amides is 1. The lowest BCUT2D eigenvalue weighted by Crippen LogP contribution is -2.37. The van der Waals surface area contributed by atoms with Gasteiger partial charge >= 0.3 is 6.18 Å². The van der Waals surface area contributed by atoms with E-state index in [1.807, 2.05) is 19.0 Å². The van der Waals surface area contributed by atoms with Crippen molar-refractivity contribution in [3.8, 4) is 17.2 Å². The zero-order valence-electron chi connectivity index (χ0n) is 21.4. The second kappa shape index (κ2) is 10.7. The molecule has 0 aliphatic carbocycles. The lowest BCUT2D eigenvalue weighted by molar-refractivity contribution is -0.141. The van der Waals surface area contributed by atoms with Crippen LogP contribution < -0.4 is 0 Å². The summed E-state index contributed by atoms with van der Waals surface area (Å²) in [5, 5.41) is 13.3. The fourth-order valence-electron chi connectivity index (χ4n) is 4.80. The van der Waals surface area contributed by atoms with E-state index in [1.54, 1.807) is 30.9 Å². The molecule has 1 aromatic carbocycles. The first-order valence-corrected chi connectivity index (χ1v) is 12.8. The molecule has 0 saturated carbocycles. The summed E-state index contributed by atoms with van der Waals surface area (Å²) in [7, 11) is 3.74. The van der Waals surface area contributed by atoms with Crippen molar-refractivity contribution in [1.29, 1.82) is 5.26 Å². The Morgan fingerprint density at radius 1 is 1.34 bits per heavy atom. The number of rotatable bonds is 6. The minimum atomic E-state index is -4.79. The number of halogens is 4. The molecule has 1 aliphatic heterocycles. The number of hydrogen-bond acceptors (Lipinski definition) is 5. The molecule has 1 atom stereocenters. The Bertz CT molecular complexity index is 1430. The number of aryl methyl sites for hydroxylation is 1. The SMILES string of the molecule is CCn1cc(-c2c(F)cccc2[C@@H]2CN(C(=O)/C=C/CN(C)C)Cc3sc(C#N)c(C)c32)c(C(F)(F)F)n1. The molecule has 38 heavy (non-hydrogen) atoms. The maximum absolute atomic E-state index is 15.5. The molecule has 6 nitrogen and oxygen atoms in total. The van der Waals surface area contributed by atoms with Crippen molar-refractivity contribution in [2.75, 3.05) is 27.2 Å². The third-order valence-electron chi connectivity index (χ3n) is 6.55. The number of hydrogen-bond donors (Lipinski definition) is 0. The number of carbonyl (C=O) groups is 1. The molecule has 0 radical (unpaired) electrons. The Labute approximate surface area is 222 Å². The second-order valence-corrected chi connectivity index (χ2v) is 10.5. The van der Waals surface area contributed by atoms with Gasteiger partial charge in [-0.25, -0.2) is 4.39 Å². The van der Waals surface area contributed by atoms with Crippen LogP contribution in [0.25, 0.3) is 11.1 Å². The summed E-state index contributed by atoms with van der Waals surface area (Å²) >= 11 is 1.25.